The van der Waals surface area contributed by atoms with Crippen molar-refractivity contribution in [2.45, 2.75) is 46.6 Å². The van der Waals surface area contributed by atoms with Gasteiger partial charge in [-0.2, -0.15) is 0 Å². The van der Waals surface area contributed by atoms with Gasteiger partial charge in [-0.3, -0.25) is 9.59 Å². The summed E-state index contributed by atoms with van der Waals surface area (Å²) in [6.07, 6.45) is 1.14. The summed E-state index contributed by atoms with van der Waals surface area (Å²) in [5.74, 6) is -0.126. The lowest BCUT2D eigenvalue weighted by atomic mass is 9.96. The highest BCUT2D eigenvalue weighted by Crippen LogP contribution is 2.30. The molecule has 122 valence electrons. The van der Waals surface area contributed by atoms with Gasteiger partial charge in [-0.25, -0.2) is 0 Å². The summed E-state index contributed by atoms with van der Waals surface area (Å²) in [5, 5.41) is 13.3. The number of nitrogens with zero attached hydrogens (tertiary/aromatic N) is 1. The molecule has 1 aliphatic heterocycles. The molecule has 1 fully saturated rings. The summed E-state index contributed by atoms with van der Waals surface area (Å²) in [7, 11) is 0. The normalized spacial score (nSPS) is 19.1. The van der Waals surface area contributed by atoms with Gasteiger partial charge in [0, 0.05) is 18.5 Å². The Hall–Kier alpha value is -1.40. The summed E-state index contributed by atoms with van der Waals surface area (Å²) >= 11 is 1.30. The SMILES string of the molecule is Cc1cc(NC(=O)C(C)(C)C)sc1C(=O)N1CCCC(O)C1. The second-order valence-corrected chi connectivity index (χ2v) is 7.93. The molecule has 1 aromatic rings. The minimum atomic E-state index is -0.473. The zero-order valence-corrected chi connectivity index (χ0v) is 14.4. The van der Waals surface area contributed by atoms with Gasteiger partial charge in [-0.15, -0.1) is 11.3 Å². The minimum absolute atomic E-state index is 0.0579. The Morgan fingerprint density at radius 2 is 2.09 bits per heavy atom. The summed E-state index contributed by atoms with van der Waals surface area (Å²) in [6.45, 7) is 8.49. The van der Waals surface area contributed by atoms with Crippen molar-refractivity contribution >= 4 is 28.2 Å². The standard InChI is InChI=1S/C16H24N2O3S/c1-10-8-12(17-15(21)16(2,3)4)22-13(10)14(20)18-7-5-6-11(19)9-18/h8,11,19H,5-7,9H2,1-4H3,(H,17,21). The number of β-amino-alcohol motifs (C(OH)–C–C–N with tert-alkyl or cyclic N) is 1. The van der Waals surface area contributed by atoms with E-state index in [-0.39, 0.29) is 11.8 Å². The van der Waals surface area contributed by atoms with Crippen LogP contribution in [0.15, 0.2) is 6.07 Å². The molecule has 22 heavy (non-hydrogen) atoms. The van der Waals surface area contributed by atoms with Crippen LogP contribution < -0.4 is 5.32 Å². The topological polar surface area (TPSA) is 69.6 Å². The maximum absolute atomic E-state index is 12.6. The molecule has 5 nitrogen and oxygen atoms in total. The van der Waals surface area contributed by atoms with Gasteiger partial charge in [0.05, 0.1) is 16.0 Å². The van der Waals surface area contributed by atoms with Crippen molar-refractivity contribution in [1.29, 1.82) is 0 Å². The maximum Gasteiger partial charge on any atom is 0.264 e. The van der Waals surface area contributed by atoms with Crippen molar-refractivity contribution in [3.63, 3.8) is 0 Å². The van der Waals surface area contributed by atoms with Crippen molar-refractivity contribution in [2.24, 2.45) is 5.41 Å². The number of thiophene rings is 1. The molecule has 0 aromatic carbocycles. The summed E-state index contributed by atoms with van der Waals surface area (Å²) in [4.78, 5) is 26.9. The molecule has 2 heterocycles. The number of aliphatic hydroxyl groups is 1. The van der Waals surface area contributed by atoms with Crippen LogP contribution >= 0.6 is 11.3 Å². The lowest BCUT2D eigenvalue weighted by Crippen LogP contribution is -2.42. The van der Waals surface area contributed by atoms with Gasteiger partial charge in [0.25, 0.3) is 5.91 Å². The van der Waals surface area contributed by atoms with E-state index in [1.165, 1.54) is 11.3 Å². The number of aliphatic hydroxyl groups excluding tert-OH is 1. The zero-order valence-electron chi connectivity index (χ0n) is 13.6. The van der Waals surface area contributed by atoms with Gasteiger partial charge < -0.3 is 15.3 Å². The van der Waals surface area contributed by atoms with E-state index in [4.69, 9.17) is 0 Å². The molecule has 1 atom stereocenters. The highest BCUT2D eigenvalue weighted by Gasteiger charge is 2.27. The predicted molar refractivity (Wildman–Crippen MR) is 88.3 cm³/mol. The van der Waals surface area contributed by atoms with Crippen LogP contribution in [0, 0.1) is 12.3 Å². The molecule has 1 unspecified atom stereocenters. The summed E-state index contributed by atoms with van der Waals surface area (Å²) in [5.41, 5.74) is 0.387. The fraction of sp³-hybridized carbons (Fsp3) is 0.625. The lowest BCUT2D eigenvalue weighted by Gasteiger charge is -2.29. The molecule has 1 saturated heterocycles. The fourth-order valence-corrected chi connectivity index (χ4v) is 3.37. The number of hydrogen-bond acceptors (Lipinski definition) is 4. The molecule has 0 bridgehead atoms. The molecule has 0 saturated carbocycles. The van der Waals surface area contributed by atoms with Gasteiger partial charge in [0.1, 0.15) is 0 Å². The Kier molecular flexibility index (Phi) is 4.92. The van der Waals surface area contributed by atoms with Gasteiger partial charge in [-0.05, 0) is 31.4 Å². The number of carbonyl (C=O) groups is 2. The molecule has 0 spiro atoms. The van der Waals surface area contributed by atoms with Gasteiger partial charge in [-0.1, -0.05) is 20.8 Å². The Bertz CT molecular complexity index is 574. The van der Waals surface area contributed by atoms with Crippen molar-refractivity contribution in [3.8, 4) is 0 Å². The second kappa shape index (κ2) is 6.38. The smallest absolute Gasteiger partial charge is 0.264 e. The van der Waals surface area contributed by atoms with Crippen LogP contribution in [0.4, 0.5) is 5.00 Å². The number of aryl methyl sites for hydroxylation is 1. The number of nitrogens with one attached hydrogen (secondary N) is 1. The van der Waals surface area contributed by atoms with Crippen molar-refractivity contribution in [3.05, 3.63) is 16.5 Å². The molecule has 2 amide bonds. The number of piperidine rings is 1. The fourth-order valence-electron chi connectivity index (χ4n) is 2.34. The first kappa shape index (κ1) is 17.0. The van der Waals surface area contributed by atoms with E-state index in [0.717, 1.165) is 18.4 Å². The van der Waals surface area contributed by atoms with Gasteiger partial charge in [0.15, 0.2) is 0 Å². The number of rotatable bonds is 2. The predicted octanol–water partition coefficient (Wildman–Crippen LogP) is 2.64. The monoisotopic (exact) mass is 324 g/mol. The largest absolute Gasteiger partial charge is 0.391 e. The first-order valence-corrected chi connectivity index (χ1v) is 8.39. The number of hydrogen-bond donors (Lipinski definition) is 2. The molecule has 1 aromatic heterocycles. The quantitative estimate of drug-likeness (QED) is 0.878. The molecule has 0 radical (unpaired) electrons. The molecule has 6 heteroatoms. The van der Waals surface area contributed by atoms with Gasteiger partial charge in [0.2, 0.25) is 5.91 Å². The molecule has 2 rings (SSSR count). The van der Waals surface area contributed by atoms with Gasteiger partial charge >= 0.3 is 0 Å². The van der Waals surface area contributed by atoms with E-state index in [1.54, 1.807) is 4.90 Å². The Balaban J connectivity index is 2.12. The number of likely N-dealkylation sites (tertiary alicyclic amines) is 1. The molecular weight excluding hydrogens is 300 g/mol. The average molecular weight is 324 g/mol. The third-order valence-corrected chi connectivity index (χ3v) is 4.85. The maximum atomic E-state index is 12.6. The number of carbonyl (C=O) groups excluding carboxylic acids is 2. The first-order valence-electron chi connectivity index (χ1n) is 7.57. The number of anilines is 1. The highest BCUT2D eigenvalue weighted by atomic mass is 32.1. The lowest BCUT2D eigenvalue weighted by molar-refractivity contribution is -0.123. The van der Waals surface area contributed by atoms with E-state index >= 15 is 0 Å². The van der Waals surface area contributed by atoms with E-state index in [1.807, 2.05) is 33.8 Å². The molecular formula is C16H24N2O3S. The minimum Gasteiger partial charge on any atom is -0.391 e. The Morgan fingerprint density at radius 1 is 1.41 bits per heavy atom. The molecule has 1 aliphatic rings. The van der Waals surface area contributed by atoms with E-state index in [2.05, 4.69) is 5.32 Å². The Labute approximate surface area is 135 Å². The Morgan fingerprint density at radius 3 is 2.68 bits per heavy atom. The second-order valence-electron chi connectivity index (χ2n) is 6.87. The van der Waals surface area contributed by atoms with Crippen LogP contribution in [-0.2, 0) is 4.79 Å². The van der Waals surface area contributed by atoms with Crippen LogP contribution in [0.1, 0.15) is 48.8 Å². The van der Waals surface area contributed by atoms with Crippen molar-refractivity contribution in [2.75, 3.05) is 18.4 Å². The molecule has 2 N–H and O–H groups in total. The third kappa shape index (κ3) is 3.87. The first-order chi connectivity index (χ1) is 10.2. The van der Waals surface area contributed by atoms with Crippen LogP contribution in [0.5, 0.6) is 0 Å². The van der Waals surface area contributed by atoms with E-state index in [0.29, 0.717) is 23.0 Å². The van der Waals surface area contributed by atoms with Crippen LogP contribution in [0.25, 0.3) is 0 Å². The van der Waals surface area contributed by atoms with Crippen LogP contribution in [0.2, 0.25) is 0 Å². The summed E-state index contributed by atoms with van der Waals surface area (Å²) < 4.78 is 0. The number of amides is 2. The van der Waals surface area contributed by atoms with Crippen molar-refractivity contribution in [1.82, 2.24) is 4.90 Å². The molecule has 0 aliphatic carbocycles. The highest BCUT2D eigenvalue weighted by molar-refractivity contribution is 7.18. The average Bonchev–Trinajstić information content (AvgIpc) is 2.77. The third-order valence-electron chi connectivity index (χ3n) is 3.71. The summed E-state index contributed by atoms with van der Waals surface area (Å²) in [6, 6.07) is 1.84. The van der Waals surface area contributed by atoms with Crippen molar-refractivity contribution < 1.29 is 14.7 Å². The van der Waals surface area contributed by atoms with Crippen LogP contribution in [-0.4, -0.2) is 41.0 Å². The van der Waals surface area contributed by atoms with E-state index < -0.39 is 11.5 Å². The zero-order chi connectivity index (χ0) is 16.5. The van der Waals surface area contributed by atoms with E-state index in [9.17, 15) is 14.7 Å². The van der Waals surface area contributed by atoms with Crippen LogP contribution in [0.3, 0.4) is 0 Å².